The molecule has 0 aliphatic rings. The number of nitrogens with one attached hydrogen (secondary N) is 3. The summed E-state index contributed by atoms with van der Waals surface area (Å²) in [6.07, 6.45) is -0.960. The van der Waals surface area contributed by atoms with E-state index in [0.29, 0.717) is 16.8 Å². The van der Waals surface area contributed by atoms with Gasteiger partial charge in [0.15, 0.2) is 16.9 Å². The quantitative estimate of drug-likeness (QED) is 0.496. The summed E-state index contributed by atoms with van der Waals surface area (Å²) in [4.78, 5) is 23.2. The Morgan fingerprint density at radius 1 is 1.16 bits per heavy atom. The fourth-order valence-electron chi connectivity index (χ4n) is 2.13. The maximum absolute atomic E-state index is 11.9. The third kappa shape index (κ3) is 6.32. The molecule has 1 unspecified atom stereocenters. The second-order valence-electron chi connectivity index (χ2n) is 5.96. The molecule has 1 aromatic carbocycles. The first kappa shape index (κ1) is 24.4. The van der Waals surface area contributed by atoms with Crippen LogP contribution < -0.4 is 20.9 Å². The molecule has 0 saturated heterocycles. The number of ether oxygens (including phenoxy) is 2. The van der Waals surface area contributed by atoms with E-state index in [1.54, 1.807) is 26.8 Å². The molecule has 2 amide bonds. The lowest BCUT2D eigenvalue weighted by Crippen LogP contribution is -2.47. The Morgan fingerprint density at radius 2 is 1.81 bits per heavy atom. The lowest BCUT2D eigenvalue weighted by Gasteiger charge is -2.16. The van der Waals surface area contributed by atoms with Gasteiger partial charge in [0.1, 0.15) is 0 Å². The van der Waals surface area contributed by atoms with E-state index < -0.39 is 18.0 Å². The second-order valence-corrected chi connectivity index (χ2v) is 7.13. The van der Waals surface area contributed by atoms with Gasteiger partial charge in [0.05, 0.1) is 28.4 Å². The van der Waals surface area contributed by atoms with E-state index >= 15 is 0 Å². The Bertz CT molecular complexity index is 1020. The molecule has 0 bridgehead atoms. The normalized spacial score (nSPS) is 11.3. The first-order valence-electron chi connectivity index (χ1n) is 8.72. The van der Waals surface area contributed by atoms with E-state index in [4.69, 9.17) is 44.8 Å². The zero-order chi connectivity index (χ0) is 23.1. The number of carbonyl (C=O) groups is 2. The van der Waals surface area contributed by atoms with Gasteiger partial charge < -0.3 is 14.9 Å². The minimum absolute atomic E-state index is 0.0775. The van der Waals surface area contributed by atoms with E-state index in [9.17, 15) is 9.59 Å². The Hall–Kier alpha value is -2.84. The predicted octanol–water partition coefficient (Wildman–Crippen LogP) is 3.93. The number of hydrogen-bond donors (Lipinski definition) is 3. The molecule has 0 aliphatic heterocycles. The standard InChI is InChI=1S/C18H17Cl3N6O4/c1-4-30-18(29)23-16(28)13(7-22)25-24-10-5-11(19)14(12(20)6-10)31-17-9(3)8(2)15(21)26-27-17/h5-6,13,24-25H,4H2,1-3H3,(H,23,28,29). The number of rotatable bonds is 7. The third-order valence-corrected chi connectivity index (χ3v) is 4.79. The van der Waals surface area contributed by atoms with Gasteiger partial charge in [0.25, 0.3) is 5.91 Å². The van der Waals surface area contributed by atoms with E-state index in [0.717, 1.165) is 0 Å². The molecule has 13 heteroatoms. The van der Waals surface area contributed by atoms with E-state index in [1.165, 1.54) is 12.1 Å². The third-order valence-electron chi connectivity index (χ3n) is 3.87. The van der Waals surface area contributed by atoms with Crippen molar-refractivity contribution in [3.8, 4) is 17.7 Å². The maximum atomic E-state index is 11.9. The largest absolute Gasteiger partial charge is 0.450 e. The van der Waals surface area contributed by atoms with Crippen LogP contribution in [0.4, 0.5) is 10.5 Å². The van der Waals surface area contributed by atoms with Crippen molar-refractivity contribution in [3.63, 3.8) is 0 Å². The second kappa shape index (κ2) is 11.0. The predicted molar refractivity (Wildman–Crippen MR) is 114 cm³/mol. The highest BCUT2D eigenvalue weighted by atomic mass is 35.5. The van der Waals surface area contributed by atoms with Crippen molar-refractivity contribution in [3.05, 3.63) is 38.5 Å². The summed E-state index contributed by atoms with van der Waals surface area (Å²) in [5, 5.41) is 19.3. The zero-order valence-electron chi connectivity index (χ0n) is 16.5. The molecule has 1 aromatic heterocycles. The van der Waals surface area contributed by atoms with Crippen LogP contribution in [0.1, 0.15) is 18.1 Å². The number of anilines is 1. The monoisotopic (exact) mass is 486 g/mol. The van der Waals surface area contributed by atoms with Gasteiger partial charge in [-0.05, 0) is 38.5 Å². The number of imide groups is 1. The number of aromatic nitrogens is 2. The van der Waals surface area contributed by atoms with Gasteiger partial charge in [-0.2, -0.15) is 5.26 Å². The van der Waals surface area contributed by atoms with Gasteiger partial charge >= 0.3 is 6.09 Å². The van der Waals surface area contributed by atoms with Crippen molar-refractivity contribution < 1.29 is 19.1 Å². The van der Waals surface area contributed by atoms with Gasteiger partial charge in [0, 0.05) is 5.56 Å². The highest BCUT2D eigenvalue weighted by molar-refractivity contribution is 6.37. The van der Waals surface area contributed by atoms with Gasteiger partial charge in [0.2, 0.25) is 5.88 Å². The van der Waals surface area contributed by atoms with E-state index in [-0.39, 0.29) is 33.4 Å². The van der Waals surface area contributed by atoms with Crippen LogP contribution in [-0.2, 0) is 9.53 Å². The van der Waals surface area contributed by atoms with E-state index in [2.05, 4.69) is 25.8 Å². The first-order chi connectivity index (χ1) is 14.7. The number of hydrogen-bond acceptors (Lipinski definition) is 9. The highest BCUT2D eigenvalue weighted by Crippen LogP contribution is 2.39. The van der Waals surface area contributed by atoms with E-state index in [1.807, 2.05) is 5.32 Å². The number of halogens is 3. The van der Waals surface area contributed by atoms with Crippen LogP contribution in [0.15, 0.2) is 12.1 Å². The van der Waals surface area contributed by atoms with Crippen LogP contribution in [0.5, 0.6) is 11.6 Å². The molecule has 0 spiro atoms. The van der Waals surface area contributed by atoms with Crippen molar-refractivity contribution in [2.45, 2.75) is 26.8 Å². The zero-order valence-corrected chi connectivity index (χ0v) is 18.8. The molecule has 0 aliphatic carbocycles. The minimum atomic E-state index is -1.41. The number of carbonyl (C=O) groups excluding carboxylic acids is 2. The molecule has 31 heavy (non-hydrogen) atoms. The summed E-state index contributed by atoms with van der Waals surface area (Å²) >= 11 is 18.5. The molecule has 10 nitrogen and oxygen atoms in total. The fraction of sp³-hybridized carbons (Fsp3) is 0.278. The molecule has 0 fully saturated rings. The molecule has 2 rings (SSSR count). The summed E-state index contributed by atoms with van der Waals surface area (Å²) < 4.78 is 10.3. The number of alkyl carbamates (subject to hydrolysis) is 1. The molecular weight excluding hydrogens is 471 g/mol. The molecule has 0 radical (unpaired) electrons. The minimum Gasteiger partial charge on any atom is -0.450 e. The molecule has 164 valence electrons. The number of benzene rings is 1. The number of amides is 2. The molecular formula is C18H17Cl3N6O4. The fourth-order valence-corrected chi connectivity index (χ4v) is 2.87. The van der Waals surface area contributed by atoms with Crippen LogP contribution in [0, 0.1) is 25.2 Å². The molecule has 1 heterocycles. The molecule has 2 aromatic rings. The average Bonchev–Trinajstić information content (AvgIpc) is 2.71. The number of hydrazine groups is 1. The molecule has 3 N–H and O–H groups in total. The Balaban J connectivity index is 2.11. The maximum Gasteiger partial charge on any atom is 0.413 e. The number of nitrogens with zero attached hydrogens (tertiary/aromatic N) is 3. The van der Waals surface area contributed by atoms with Crippen LogP contribution in [0.2, 0.25) is 15.2 Å². The van der Waals surface area contributed by atoms with Crippen LogP contribution in [0.25, 0.3) is 0 Å². The van der Waals surface area contributed by atoms with Gasteiger partial charge in [-0.15, -0.1) is 10.2 Å². The lowest BCUT2D eigenvalue weighted by molar-refractivity contribution is -0.121. The Kier molecular flexibility index (Phi) is 8.65. The SMILES string of the molecule is CCOC(=O)NC(=O)C(C#N)NNc1cc(Cl)c(Oc2nnc(Cl)c(C)c2C)c(Cl)c1. The average molecular weight is 488 g/mol. The molecule has 1 atom stereocenters. The van der Waals surface area contributed by atoms with Crippen molar-refractivity contribution in [1.29, 1.82) is 5.26 Å². The number of nitriles is 1. The van der Waals surface area contributed by atoms with Crippen LogP contribution in [-0.4, -0.2) is 34.8 Å². The van der Waals surface area contributed by atoms with Gasteiger partial charge in [-0.1, -0.05) is 34.8 Å². The summed E-state index contributed by atoms with van der Waals surface area (Å²) in [7, 11) is 0. The summed E-state index contributed by atoms with van der Waals surface area (Å²) in [5.41, 5.74) is 6.77. The van der Waals surface area contributed by atoms with Gasteiger partial charge in [-0.3, -0.25) is 10.1 Å². The van der Waals surface area contributed by atoms with Crippen molar-refractivity contribution >= 4 is 52.5 Å². The highest BCUT2D eigenvalue weighted by Gasteiger charge is 2.21. The van der Waals surface area contributed by atoms with Crippen LogP contribution in [0.3, 0.4) is 0 Å². The van der Waals surface area contributed by atoms with Gasteiger partial charge in [-0.25, -0.2) is 10.2 Å². The smallest absolute Gasteiger partial charge is 0.413 e. The Morgan fingerprint density at radius 3 is 2.39 bits per heavy atom. The van der Waals surface area contributed by atoms with Crippen molar-refractivity contribution in [1.82, 2.24) is 20.9 Å². The van der Waals surface area contributed by atoms with Crippen LogP contribution >= 0.6 is 34.8 Å². The summed E-state index contributed by atoms with van der Waals surface area (Å²) in [6.45, 7) is 5.18. The first-order valence-corrected chi connectivity index (χ1v) is 9.86. The lowest BCUT2D eigenvalue weighted by atomic mass is 10.2. The summed E-state index contributed by atoms with van der Waals surface area (Å²) in [5.74, 6) is -0.590. The summed E-state index contributed by atoms with van der Waals surface area (Å²) in [6, 6.07) is 3.18. The molecule has 0 saturated carbocycles. The topological polar surface area (TPSA) is 138 Å². The van der Waals surface area contributed by atoms with Crippen molar-refractivity contribution in [2.75, 3.05) is 12.0 Å². The van der Waals surface area contributed by atoms with Crippen molar-refractivity contribution in [2.24, 2.45) is 0 Å². The Labute approximate surface area is 192 Å².